The standard InChI is InChI=1S/C20H23N3O5S/c1-11(21)17(12(2)24)14(25)9-28-16(26)7-8-23-10-22-19-18(20(23)27)13-5-3-4-6-15(13)29-19/h10,21,25H,3-9H2,1-2H3/b17-14-,21-11?. The number of aliphatic hydroxyl groups is 1. The minimum Gasteiger partial charge on any atom is -0.508 e. The number of aromatic nitrogens is 2. The quantitative estimate of drug-likeness (QED) is 0.309. The van der Waals surface area contributed by atoms with Crippen molar-refractivity contribution in [1.82, 2.24) is 9.55 Å². The minimum absolute atomic E-state index is 0.0777. The average molecular weight is 417 g/mol. The molecule has 29 heavy (non-hydrogen) atoms. The number of ether oxygens (including phenoxy) is 1. The molecular weight excluding hydrogens is 394 g/mol. The molecule has 0 fully saturated rings. The Morgan fingerprint density at radius 3 is 2.72 bits per heavy atom. The van der Waals surface area contributed by atoms with Crippen LogP contribution in [0.4, 0.5) is 0 Å². The maximum Gasteiger partial charge on any atom is 0.308 e. The van der Waals surface area contributed by atoms with Gasteiger partial charge in [0.1, 0.15) is 17.2 Å². The predicted octanol–water partition coefficient (Wildman–Crippen LogP) is 2.71. The molecule has 2 heterocycles. The number of fused-ring (bicyclic) bond motifs is 3. The van der Waals surface area contributed by atoms with Gasteiger partial charge in [-0.3, -0.25) is 19.0 Å². The molecule has 0 unspecified atom stereocenters. The molecule has 1 aliphatic carbocycles. The van der Waals surface area contributed by atoms with Crippen LogP contribution in [-0.4, -0.2) is 38.7 Å². The molecule has 3 rings (SSSR count). The number of hydrogen-bond donors (Lipinski definition) is 2. The van der Waals surface area contributed by atoms with Crippen molar-refractivity contribution in [2.24, 2.45) is 0 Å². The molecule has 0 saturated carbocycles. The van der Waals surface area contributed by atoms with Crippen molar-refractivity contribution in [3.05, 3.63) is 38.5 Å². The van der Waals surface area contributed by atoms with Crippen LogP contribution < -0.4 is 5.56 Å². The van der Waals surface area contributed by atoms with Crippen molar-refractivity contribution < 1.29 is 19.4 Å². The van der Waals surface area contributed by atoms with E-state index in [4.69, 9.17) is 10.1 Å². The van der Waals surface area contributed by atoms with E-state index in [-0.39, 0.29) is 29.8 Å². The zero-order valence-electron chi connectivity index (χ0n) is 16.4. The molecule has 0 bridgehead atoms. The van der Waals surface area contributed by atoms with Gasteiger partial charge in [0.15, 0.2) is 5.78 Å². The molecule has 0 spiro atoms. The number of ketones is 1. The van der Waals surface area contributed by atoms with Crippen LogP contribution in [0.1, 0.15) is 43.6 Å². The molecule has 8 nitrogen and oxygen atoms in total. The molecule has 0 amide bonds. The number of esters is 1. The number of aliphatic hydroxyl groups excluding tert-OH is 1. The summed E-state index contributed by atoms with van der Waals surface area (Å²) >= 11 is 1.57. The van der Waals surface area contributed by atoms with Gasteiger partial charge in [-0.1, -0.05) is 0 Å². The summed E-state index contributed by atoms with van der Waals surface area (Å²) in [4.78, 5) is 42.7. The van der Waals surface area contributed by atoms with Crippen molar-refractivity contribution in [3.8, 4) is 0 Å². The first kappa shape index (κ1) is 20.9. The largest absolute Gasteiger partial charge is 0.508 e. The number of thiophene rings is 1. The number of nitrogens with zero attached hydrogens (tertiary/aromatic N) is 2. The monoisotopic (exact) mass is 417 g/mol. The second-order valence-corrected chi connectivity index (χ2v) is 8.13. The van der Waals surface area contributed by atoms with Crippen molar-refractivity contribution in [2.45, 2.75) is 52.5 Å². The SMILES string of the molecule is CC(=N)/C(C(C)=O)=C(/O)COC(=O)CCn1cnc2sc3c(c2c1=O)CCCC3. The van der Waals surface area contributed by atoms with E-state index < -0.39 is 24.1 Å². The van der Waals surface area contributed by atoms with Gasteiger partial charge in [0.2, 0.25) is 0 Å². The van der Waals surface area contributed by atoms with Gasteiger partial charge in [0.25, 0.3) is 5.56 Å². The van der Waals surface area contributed by atoms with Gasteiger partial charge in [0.05, 0.1) is 23.7 Å². The van der Waals surface area contributed by atoms with Crippen LogP contribution in [0.5, 0.6) is 0 Å². The van der Waals surface area contributed by atoms with Crippen molar-refractivity contribution in [2.75, 3.05) is 6.61 Å². The lowest BCUT2D eigenvalue weighted by atomic mass is 9.97. The normalized spacial score (nSPS) is 14.3. The molecule has 1 aliphatic rings. The Bertz CT molecular complexity index is 1060. The summed E-state index contributed by atoms with van der Waals surface area (Å²) in [5.74, 6) is -1.55. The maximum absolute atomic E-state index is 12.8. The van der Waals surface area contributed by atoms with Crippen molar-refractivity contribution in [1.29, 1.82) is 5.41 Å². The molecule has 2 N–H and O–H groups in total. The van der Waals surface area contributed by atoms with Gasteiger partial charge in [-0.25, -0.2) is 4.98 Å². The highest BCUT2D eigenvalue weighted by molar-refractivity contribution is 7.18. The average Bonchev–Trinajstić information content (AvgIpc) is 3.04. The van der Waals surface area contributed by atoms with Crippen LogP contribution >= 0.6 is 11.3 Å². The molecule has 9 heteroatoms. The lowest BCUT2D eigenvalue weighted by Gasteiger charge is -2.11. The van der Waals surface area contributed by atoms with E-state index in [0.29, 0.717) is 5.39 Å². The van der Waals surface area contributed by atoms with Gasteiger partial charge in [-0.05, 0) is 45.1 Å². The Balaban J connectivity index is 1.68. The molecular formula is C20H23N3O5S. The lowest BCUT2D eigenvalue weighted by Crippen LogP contribution is -2.23. The summed E-state index contributed by atoms with van der Waals surface area (Å²) in [5, 5.41) is 18.1. The van der Waals surface area contributed by atoms with E-state index in [1.54, 1.807) is 11.3 Å². The first-order chi connectivity index (χ1) is 13.8. The first-order valence-corrected chi connectivity index (χ1v) is 10.2. The third kappa shape index (κ3) is 4.45. The summed E-state index contributed by atoms with van der Waals surface area (Å²) in [6.07, 6.45) is 5.43. The number of hydrogen-bond acceptors (Lipinski definition) is 8. The van der Waals surface area contributed by atoms with Crippen LogP contribution in [0.3, 0.4) is 0 Å². The van der Waals surface area contributed by atoms with Crippen LogP contribution in [0, 0.1) is 5.41 Å². The Labute approximate surface area is 171 Å². The second kappa shape index (κ2) is 8.69. The van der Waals surface area contributed by atoms with Crippen molar-refractivity contribution in [3.63, 3.8) is 0 Å². The maximum atomic E-state index is 12.8. The fourth-order valence-corrected chi connectivity index (χ4v) is 4.75. The summed E-state index contributed by atoms with van der Waals surface area (Å²) in [6.45, 7) is 2.21. The lowest BCUT2D eigenvalue weighted by molar-refractivity contribution is -0.143. The molecule has 2 aromatic heterocycles. The number of Topliss-reactive ketones (excluding diaryl/α,β-unsaturated/α-hetero) is 1. The zero-order chi connectivity index (χ0) is 21.1. The van der Waals surface area contributed by atoms with Crippen LogP contribution in [0.2, 0.25) is 0 Å². The molecule has 0 aromatic carbocycles. The van der Waals surface area contributed by atoms with Crippen LogP contribution in [0.25, 0.3) is 10.2 Å². The minimum atomic E-state index is -0.624. The molecule has 2 aromatic rings. The number of nitrogens with one attached hydrogen (secondary N) is 1. The van der Waals surface area contributed by atoms with Crippen LogP contribution in [-0.2, 0) is 33.7 Å². The molecule has 0 aliphatic heterocycles. The van der Waals surface area contributed by atoms with Crippen LogP contribution in [0.15, 0.2) is 22.5 Å². The van der Waals surface area contributed by atoms with Gasteiger partial charge in [-0.15, -0.1) is 11.3 Å². The fourth-order valence-electron chi connectivity index (χ4n) is 3.53. The van der Waals surface area contributed by atoms with E-state index in [9.17, 15) is 19.5 Å². The molecule has 0 saturated heterocycles. The molecule has 0 radical (unpaired) electrons. The van der Waals surface area contributed by atoms with E-state index in [2.05, 4.69) is 4.98 Å². The predicted molar refractivity (Wildman–Crippen MR) is 110 cm³/mol. The third-order valence-electron chi connectivity index (χ3n) is 4.88. The highest BCUT2D eigenvalue weighted by Gasteiger charge is 2.20. The van der Waals surface area contributed by atoms with E-state index in [0.717, 1.165) is 36.1 Å². The smallest absolute Gasteiger partial charge is 0.308 e. The molecule has 154 valence electrons. The number of rotatable bonds is 7. The Kier molecular flexibility index (Phi) is 6.26. The highest BCUT2D eigenvalue weighted by atomic mass is 32.1. The van der Waals surface area contributed by atoms with Gasteiger partial charge >= 0.3 is 5.97 Å². The van der Waals surface area contributed by atoms with E-state index in [1.165, 1.54) is 29.6 Å². The number of carbonyl (C=O) groups is 2. The first-order valence-electron chi connectivity index (χ1n) is 9.43. The van der Waals surface area contributed by atoms with E-state index in [1.807, 2.05) is 0 Å². The summed E-state index contributed by atoms with van der Waals surface area (Å²) in [5.41, 5.74) is 0.685. The Morgan fingerprint density at radius 1 is 1.31 bits per heavy atom. The third-order valence-corrected chi connectivity index (χ3v) is 6.08. The van der Waals surface area contributed by atoms with Gasteiger partial charge in [-0.2, -0.15) is 0 Å². The topological polar surface area (TPSA) is 122 Å². The number of aryl methyl sites for hydroxylation is 3. The summed E-state index contributed by atoms with van der Waals surface area (Å²) in [7, 11) is 0. The summed E-state index contributed by atoms with van der Waals surface area (Å²) < 4.78 is 6.39. The van der Waals surface area contributed by atoms with Crippen molar-refractivity contribution >= 4 is 39.0 Å². The second-order valence-electron chi connectivity index (χ2n) is 7.05. The zero-order valence-corrected chi connectivity index (χ0v) is 17.2. The van der Waals surface area contributed by atoms with Gasteiger partial charge in [0, 0.05) is 17.1 Å². The summed E-state index contributed by atoms with van der Waals surface area (Å²) in [6, 6.07) is 0. The van der Waals surface area contributed by atoms with Gasteiger partial charge < -0.3 is 15.3 Å². The number of carbonyl (C=O) groups excluding carboxylic acids is 2. The Morgan fingerprint density at radius 2 is 2.03 bits per heavy atom. The fraction of sp³-hybridized carbons (Fsp3) is 0.450. The highest BCUT2D eigenvalue weighted by Crippen LogP contribution is 2.33. The Hall–Kier alpha value is -2.81. The number of allylic oxidation sites excluding steroid dienone is 1. The van der Waals surface area contributed by atoms with E-state index >= 15 is 0 Å². The molecule has 0 atom stereocenters.